The average molecular weight is 238 g/mol. The van der Waals surface area contributed by atoms with Gasteiger partial charge in [0.05, 0.1) is 4.92 Å². The lowest BCUT2D eigenvalue weighted by Crippen LogP contribution is -2.14. The van der Waals surface area contributed by atoms with Crippen LogP contribution in [0.15, 0.2) is 18.2 Å². The van der Waals surface area contributed by atoms with Crippen molar-refractivity contribution in [1.29, 1.82) is 0 Å². The minimum absolute atomic E-state index is 0.172. The lowest BCUT2D eigenvalue weighted by atomic mass is 10.1. The van der Waals surface area contributed by atoms with E-state index in [0.717, 1.165) is 6.42 Å². The van der Waals surface area contributed by atoms with Gasteiger partial charge in [0, 0.05) is 17.8 Å². The Balaban J connectivity index is 3.10. The second-order valence-corrected chi connectivity index (χ2v) is 3.75. The van der Waals surface area contributed by atoms with Gasteiger partial charge in [0.1, 0.15) is 5.56 Å². The van der Waals surface area contributed by atoms with Crippen LogP contribution in [0.5, 0.6) is 0 Å². The minimum atomic E-state index is -1.30. The van der Waals surface area contributed by atoms with Gasteiger partial charge in [-0.05, 0) is 25.5 Å². The summed E-state index contributed by atoms with van der Waals surface area (Å²) in [6.45, 7) is 3.93. The third-order valence-electron chi connectivity index (χ3n) is 2.45. The number of anilines is 1. The summed E-state index contributed by atoms with van der Waals surface area (Å²) < 4.78 is 0. The van der Waals surface area contributed by atoms with Crippen molar-refractivity contribution in [3.8, 4) is 0 Å². The number of hydrogen-bond donors (Lipinski definition) is 2. The van der Waals surface area contributed by atoms with Crippen molar-refractivity contribution in [2.75, 3.05) is 5.32 Å². The molecule has 1 aromatic carbocycles. The maximum Gasteiger partial charge on any atom is 0.342 e. The van der Waals surface area contributed by atoms with Crippen molar-refractivity contribution < 1.29 is 14.8 Å². The molecule has 0 bridgehead atoms. The molecule has 6 heteroatoms. The zero-order valence-electron chi connectivity index (χ0n) is 9.64. The third kappa shape index (κ3) is 3.17. The third-order valence-corrected chi connectivity index (χ3v) is 2.45. The number of nitro groups is 1. The molecule has 0 saturated carbocycles. The molecular formula is C11H14N2O4. The van der Waals surface area contributed by atoms with E-state index in [2.05, 4.69) is 5.32 Å². The predicted octanol–water partition coefficient (Wildman–Crippen LogP) is 2.50. The number of benzene rings is 1. The highest BCUT2D eigenvalue weighted by Gasteiger charge is 2.20. The standard InChI is InChI=1S/C11H14N2O4/c1-3-7(2)12-8-4-5-9(11(14)15)10(6-8)13(16)17/h4-7,12H,3H2,1-2H3,(H,14,15). The Morgan fingerprint density at radius 3 is 2.71 bits per heavy atom. The van der Waals surface area contributed by atoms with Crippen molar-refractivity contribution in [3.05, 3.63) is 33.9 Å². The number of rotatable bonds is 5. The normalized spacial score (nSPS) is 11.9. The number of nitrogens with zero attached hydrogens (tertiary/aromatic N) is 1. The van der Waals surface area contributed by atoms with E-state index in [1.807, 2.05) is 13.8 Å². The number of aromatic carboxylic acids is 1. The van der Waals surface area contributed by atoms with Gasteiger partial charge in [-0.2, -0.15) is 0 Å². The Bertz CT molecular complexity index is 445. The molecule has 0 aliphatic rings. The summed E-state index contributed by atoms with van der Waals surface area (Å²) in [5.74, 6) is -1.30. The summed E-state index contributed by atoms with van der Waals surface area (Å²) in [6, 6.07) is 4.19. The molecule has 0 saturated heterocycles. The fourth-order valence-corrected chi connectivity index (χ4v) is 1.34. The van der Waals surface area contributed by atoms with Gasteiger partial charge >= 0.3 is 5.97 Å². The lowest BCUT2D eigenvalue weighted by molar-refractivity contribution is -0.385. The van der Waals surface area contributed by atoms with Crippen LogP contribution in [-0.2, 0) is 0 Å². The number of carboxylic acid groups (broad SMARTS) is 1. The van der Waals surface area contributed by atoms with Crippen molar-refractivity contribution in [2.45, 2.75) is 26.3 Å². The zero-order chi connectivity index (χ0) is 13.0. The van der Waals surface area contributed by atoms with Gasteiger partial charge in [-0.25, -0.2) is 4.79 Å². The number of nitrogens with one attached hydrogen (secondary N) is 1. The molecule has 0 heterocycles. The number of hydrogen-bond acceptors (Lipinski definition) is 4. The van der Waals surface area contributed by atoms with Gasteiger partial charge in [-0.1, -0.05) is 6.92 Å². The maximum absolute atomic E-state index is 10.8. The van der Waals surface area contributed by atoms with Crippen LogP contribution in [0.3, 0.4) is 0 Å². The van der Waals surface area contributed by atoms with Crippen molar-refractivity contribution >= 4 is 17.3 Å². The monoisotopic (exact) mass is 238 g/mol. The molecule has 2 N–H and O–H groups in total. The van der Waals surface area contributed by atoms with E-state index >= 15 is 0 Å². The molecule has 0 aliphatic heterocycles. The first-order valence-corrected chi connectivity index (χ1v) is 5.24. The molecule has 0 aromatic heterocycles. The Labute approximate surface area is 98.4 Å². The summed E-state index contributed by atoms with van der Waals surface area (Å²) in [5, 5.41) is 22.6. The molecule has 1 aromatic rings. The fraction of sp³-hybridized carbons (Fsp3) is 0.364. The first-order valence-electron chi connectivity index (χ1n) is 5.24. The van der Waals surface area contributed by atoms with Crippen LogP contribution in [0.4, 0.5) is 11.4 Å². The molecule has 0 radical (unpaired) electrons. The van der Waals surface area contributed by atoms with Crippen molar-refractivity contribution in [1.82, 2.24) is 0 Å². The van der Waals surface area contributed by atoms with Crippen molar-refractivity contribution in [2.24, 2.45) is 0 Å². The number of nitro benzene ring substituents is 1. The summed E-state index contributed by atoms with van der Waals surface area (Å²) in [5.41, 5.74) is -0.147. The molecule has 0 amide bonds. The Morgan fingerprint density at radius 2 is 2.24 bits per heavy atom. The van der Waals surface area contributed by atoms with Crippen LogP contribution in [0.25, 0.3) is 0 Å². The van der Waals surface area contributed by atoms with E-state index in [0.29, 0.717) is 5.69 Å². The van der Waals surface area contributed by atoms with Crippen LogP contribution < -0.4 is 5.32 Å². The molecule has 17 heavy (non-hydrogen) atoms. The van der Waals surface area contributed by atoms with Gasteiger partial charge in [0.2, 0.25) is 0 Å². The highest BCUT2D eigenvalue weighted by Crippen LogP contribution is 2.23. The van der Waals surface area contributed by atoms with E-state index in [1.165, 1.54) is 18.2 Å². The highest BCUT2D eigenvalue weighted by atomic mass is 16.6. The van der Waals surface area contributed by atoms with Crippen LogP contribution >= 0.6 is 0 Å². The summed E-state index contributed by atoms with van der Waals surface area (Å²) in [7, 11) is 0. The summed E-state index contributed by atoms with van der Waals surface area (Å²) in [6.07, 6.45) is 0.870. The molecule has 0 fully saturated rings. The molecule has 1 rings (SSSR count). The van der Waals surface area contributed by atoms with E-state index < -0.39 is 16.6 Å². The SMILES string of the molecule is CCC(C)Nc1ccc(C(=O)O)c([N+](=O)[O-])c1. The Morgan fingerprint density at radius 1 is 1.59 bits per heavy atom. The maximum atomic E-state index is 10.8. The quantitative estimate of drug-likeness (QED) is 0.607. The smallest absolute Gasteiger partial charge is 0.342 e. The second kappa shape index (κ2) is 5.29. The number of carbonyl (C=O) groups is 1. The largest absolute Gasteiger partial charge is 0.477 e. The van der Waals surface area contributed by atoms with Gasteiger partial charge in [-0.15, -0.1) is 0 Å². The topological polar surface area (TPSA) is 92.5 Å². The molecule has 0 spiro atoms. The van der Waals surface area contributed by atoms with Crippen LogP contribution in [0, 0.1) is 10.1 Å². The van der Waals surface area contributed by atoms with E-state index in [1.54, 1.807) is 0 Å². The van der Waals surface area contributed by atoms with Gasteiger partial charge in [0.25, 0.3) is 5.69 Å². The second-order valence-electron chi connectivity index (χ2n) is 3.75. The fourth-order valence-electron chi connectivity index (χ4n) is 1.34. The molecule has 1 unspecified atom stereocenters. The minimum Gasteiger partial charge on any atom is -0.477 e. The summed E-state index contributed by atoms with van der Waals surface area (Å²) >= 11 is 0. The molecule has 92 valence electrons. The molecule has 1 atom stereocenters. The van der Waals surface area contributed by atoms with Crippen LogP contribution in [0.1, 0.15) is 30.6 Å². The van der Waals surface area contributed by atoms with E-state index in [-0.39, 0.29) is 11.6 Å². The van der Waals surface area contributed by atoms with E-state index in [4.69, 9.17) is 5.11 Å². The first kappa shape index (κ1) is 13.0. The highest BCUT2D eigenvalue weighted by molar-refractivity contribution is 5.93. The van der Waals surface area contributed by atoms with Crippen LogP contribution in [-0.4, -0.2) is 22.0 Å². The molecule has 0 aliphatic carbocycles. The van der Waals surface area contributed by atoms with Gasteiger partial charge in [-0.3, -0.25) is 10.1 Å². The summed E-state index contributed by atoms with van der Waals surface area (Å²) in [4.78, 5) is 20.8. The number of carboxylic acids is 1. The molecule has 6 nitrogen and oxygen atoms in total. The average Bonchev–Trinajstić information content (AvgIpc) is 2.28. The van der Waals surface area contributed by atoms with Crippen molar-refractivity contribution in [3.63, 3.8) is 0 Å². The van der Waals surface area contributed by atoms with Crippen LogP contribution in [0.2, 0.25) is 0 Å². The lowest BCUT2D eigenvalue weighted by Gasteiger charge is -2.12. The van der Waals surface area contributed by atoms with Gasteiger partial charge < -0.3 is 10.4 Å². The van der Waals surface area contributed by atoms with E-state index in [9.17, 15) is 14.9 Å². The Kier molecular flexibility index (Phi) is 4.03. The predicted molar refractivity (Wildman–Crippen MR) is 63.4 cm³/mol. The zero-order valence-corrected chi connectivity index (χ0v) is 9.64. The molecular weight excluding hydrogens is 224 g/mol. The Hall–Kier alpha value is -2.11. The van der Waals surface area contributed by atoms with Gasteiger partial charge in [0.15, 0.2) is 0 Å². The first-order chi connectivity index (χ1) is 7.95.